The predicted molar refractivity (Wildman–Crippen MR) is 80.4 cm³/mol. The second-order valence-electron chi connectivity index (χ2n) is 5.65. The van der Waals surface area contributed by atoms with Crippen LogP contribution in [0.3, 0.4) is 0 Å². The van der Waals surface area contributed by atoms with Crippen molar-refractivity contribution in [3.8, 4) is 0 Å². The molecular weight excluding hydrogens is 250 g/mol. The number of aryl methyl sites for hydroxylation is 1. The van der Waals surface area contributed by atoms with E-state index >= 15 is 0 Å². The predicted octanol–water partition coefficient (Wildman–Crippen LogP) is 2.36. The van der Waals surface area contributed by atoms with Crippen molar-refractivity contribution >= 4 is 0 Å². The van der Waals surface area contributed by atoms with E-state index in [1.54, 1.807) is 6.33 Å². The lowest BCUT2D eigenvalue weighted by Gasteiger charge is -2.21. The standard InChI is InChI=1S/C15H25N5/c1-5-7-16-15(12(2)3)13-6-8-20(9-13)10-14-18-17-11-19(14)4/h6,8-9,11-12,15-16H,5,7,10H2,1-4H3. The topological polar surface area (TPSA) is 47.7 Å². The van der Waals surface area contributed by atoms with Crippen LogP contribution in [0.15, 0.2) is 24.8 Å². The highest BCUT2D eigenvalue weighted by molar-refractivity contribution is 5.16. The van der Waals surface area contributed by atoms with Gasteiger partial charge in [-0.05, 0) is 30.5 Å². The SMILES string of the molecule is CCCNC(c1ccn(Cc2nncn2C)c1)C(C)C. The summed E-state index contributed by atoms with van der Waals surface area (Å²) in [5, 5.41) is 11.7. The molecule has 0 aromatic carbocycles. The molecule has 0 fully saturated rings. The van der Waals surface area contributed by atoms with Gasteiger partial charge in [-0.3, -0.25) is 0 Å². The largest absolute Gasteiger partial charge is 0.346 e. The Kier molecular flexibility index (Phi) is 4.95. The molecule has 0 aliphatic carbocycles. The molecule has 0 spiro atoms. The average molecular weight is 275 g/mol. The third-order valence-corrected chi connectivity index (χ3v) is 3.54. The van der Waals surface area contributed by atoms with Crippen molar-refractivity contribution in [2.75, 3.05) is 6.54 Å². The molecule has 0 saturated carbocycles. The summed E-state index contributed by atoms with van der Waals surface area (Å²) in [6, 6.07) is 2.61. The van der Waals surface area contributed by atoms with E-state index in [4.69, 9.17) is 0 Å². The molecule has 1 N–H and O–H groups in total. The molecule has 20 heavy (non-hydrogen) atoms. The first-order valence-corrected chi connectivity index (χ1v) is 7.33. The first kappa shape index (κ1) is 14.8. The third kappa shape index (κ3) is 3.48. The third-order valence-electron chi connectivity index (χ3n) is 3.54. The molecular formula is C15H25N5. The highest BCUT2D eigenvalue weighted by atomic mass is 15.3. The van der Waals surface area contributed by atoms with E-state index in [1.165, 1.54) is 5.56 Å². The zero-order valence-electron chi connectivity index (χ0n) is 12.9. The Morgan fingerprint density at radius 3 is 2.75 bits per heavy atom. The van der Waals surface area contributed by atoms with E-state index in [9.17, 15) is 0 Å². The van der Waals surface area contributed by atoms with Crippen LogP contribution in [0.25, 0.3) is 0 Å². The van der Waals surface area contributed by atoms with Gasteiger partial charge >= 0.3 is 0 Å². The Morgan fingerprint density at radius 2 is 2.15 bits per heavy atom. The minimum absolute atomic E-state index is 0.413. The van der Waals surface area contributed by atoms with Crippen LogP contribution in [0.5, 0.6) is 0 Å². The maximum atomic E-state index is 4.13. The van der Waals surface area contributed by atoms with Gasteiger partial charge in [0.05, 0.1) is 6.54 Å². The molecule has 2 aromatic heterocycles. The summed E-state index contributed by atoms with van der Waals surface area (Å²) in [6.45, 7) is 8.52. The summed E-state index contributed by atoms with van der Waals surface area (Å²) in [6.07, 6.45) is 7.22. The Labute approximate surface area is 121 Å². The van der Waals surface area contributed by atoms with Crippen LogP contribution >= 0.6 is 0 Å². The lowest BCUT2D eigenvalue weighted by atomic mass is 9.98. The zero-order chi connectivity index (χ0) is 14.5. The Morgan fingerprint density at radius 1 is 1.35 bits per heavy atom. The molecule has 0 aliphatic heterocycles. The molecule has 0 aliphatic rings. The van der Waals surface area contributed by atoms with Gasteiger partial charge in [-0.25, -0.2) is 0 Å². The minimum atomic E-state index is 0.413. The van der Waals surface area contributed by atoms with Crippen molar-refractivity contribution in [1.82, 2.24) is 24.6 Å². The molecule has 2 rings (SSSR count). The fourth-order valence-electron chi connectivity index (χ4n) is 2.39. The molecule has 5 heteroatoms. The van der Waals surface area contributed by atoms with Gasteiger partial charge in [0.15, 0.2) is 5.82 Å². The quantitative estimate of drug-likeness (QED) is 0.844. The van der Waals surface area contributed by atoms with Crippen LogP contribution in [0.4, 0.5) is 0 Å². The minimum Gasteiger partial charge on any atom is -0.346 e. The Bertz CT molecular complexity index is 526. The zero-order valence-corrected chi connectivity index (χ0v) is 12.9. The maximum absolute atomic E-state index is 4.13. The second kappa shape index (κ2) is 6.70. The van der Waals surface area contributed by atoms with Crippen molar-refractivity contribution in [3.05, 3.63) is 36.2 Å². The van der Waals surface area contributed by atoms with Crippen molar-refractivity contribution in [2.45, 2.75) is 39.8 Å². The monoisotopic (exact) mass is 275 g/mol. The molecule has 1 unspecified atom stereocenters. The summed E-state index contributed by atoms with van der Waals surface area (Å²) in [4.78, 5) is 0. The summed E-state index contributed by atoms with van der Waals surface area (Å²) in [5.74, 6) is 1.54. The first-order valence-electron chi connectivity index (χ1n) is 7.33. The lowest BCUT2D eigenvalue weighted by molar-refractivity contribution is 0.412. The fourth-order valence-corrected chi connectivity index (χ4v) is 2.39. The van der Waals surface area contributed by atoms with Crippen LogP contribution in [-0.2, 0) is 13.6 Å². The van der Waals surface area contributed by atoms with E-state index in [0.717, 1.165) is 25.3 Å². The Hall–Kier alpha value is -1.62. The molecule has 0 amide bonds. The van der Waals surface area contributed by atoms with Crippen LogP contribution in [0, 0.1) is 5.92 Å². The van der Waals surface area contributed by atoms with E-state index in [0.29, 0.717) is 12.0 Å². The summed E-state index contributed by atoms with van der Waals surface area (Å²) in [5.41, 5.74) is 1.34. The van der Waals surface area contributed by atoms with Crippen LogP contribution in [-0.4, -0.2) is 25.9 Å². The van der Waals surface area contributed by atoms with Crippen molar-refractivity contribution in [3.63, 3.8) is 0 Å². The molecule has 0 saturated heterocycles. The van der Waals surface area contributed by atoms with E-state index in [2.05, 4.69) is 59.3 Å². The smallest absolute Gasteiger partial charge is 0.152 e. The molecule has 0 radical (unpaired) electrons. The molecule has 1 atom stereocenters. The van der Waals surface area contributed by atoms with Gasteiger partial charge < -0.3 is 14.5 Å². The van der Waals surface area contributed by atoms with Gasteiger partial charge in [0, 0.05) is 25.5 Å². The first-order chi connectivity index (χ1) is 9.61. The average Bonchev–Trinajstić information content (AvgIpc) is 3.01. The summed E-state index contributed by atoms with van der Waals surface area (Å²) < 4.78 is 4.12. The van der Waals surface area contributed by atoms with Gasteiger partial charge in [-0.1, -0.05) is 20.8 Å². The van der Waals surface area contributed by atoms with Gasteiger partial charge in [0.2, 0.25) is 0 Å². The number of hydrogen-bond acceptors (Lipinski definition) is 3. The van der Waals surface area contributed by atoms with Crippen LogP contribution in [0.2, 0.25) is 0 Å². The van der Waals surface area contributed by atoms with Crippen molar-refractivity contribution in [1.29, 1.82) is 0 Å². The second-order valence-corrected chi connectivity index (χ2v) is 5.65. The molecule has 2 heterocycles. The van der Waals surface area contributed by atoms with Crippen molar-refractivity contribution in [2.24, 2.45) is 13.0 Å². The number of rotatable bonds is 7. The molecule has 110 valence electrons. The molecule has 5 nitrogen and oxygen atoms in total. The number of hydrogen-bond donors (Lipinski definition) is 1. The summed E-state index contributed by atoms with van der Waals surface area (Å²) in [7, 11) is 1.97. The van der Waals surface area contributed by atoms with Crippen LogP contribution < -0.4 is 5.32 Å². The Balaban J connectivity index is 2.08. The maximum Gasteiger partial charge on any atom is 0.152 e. The number of aromatic nitrogens is 4. The highest BCUT2D eigenvalue weighted by Gasteiger charge is 2.16. The lowest BCUT2D eigenvalue weighted by Crippen LogP contribution is -2.26. The number of nitrogens with one attached hydrogen (secondary N) is 1. The van der Waals surface area contributed by atoms with E-state index in [1.807, 2.05) is 11.6 Å². The van der Waals surface area contributed by atoms with E-state index < -0.39 is 0 Å². The van der Waals surface area contributed by atoms with E-state index in [-0.39, 0.29) is 0 Å². The normalized spacial score (nSPS) is 13.1. The van der Waals surface area contributed by atoms with Gasteiger partial charge in [0.25, 0.3) is 0 Å². The molecule has 2 aromatic rings. The van der Waals surface area contributed by atoms with Crippen molar-refractivity contribution < 1.29 is 0 Å². The summed E-state index contributed by atoms with van der Waals surface area (Å²) >= 11 is 0. The van der Waals surface area contributed by atoms with Gasteiger partial charge in [-0.2, -0.15) is 0 Å². The van der Waals surface area contributed by atoms with Gasteiger partial charge in [-0.15, -0.1) is 10.2 Å². The van der Waals surface area contributed by atoms with Gasteiger partial charge in [0.1, 0.15) is 6.33 Å². The molecule has 0 bridgehead atoms. The van der Waals surface area contributed by atoms with Crippen LogP contribution in [0.1, 0.15) is 44.6 Å². The highest BCUT2D eigenvalue weighted by Crippen LogP contribution is 2.22. The number of nitrogens with zero attached hydrogens (tertiary/aromatic N) is 4. The fraction of sp³-hybridized carbons (Fsp3) is 0.600.